The van der Waals surface area contributed by atoms with Gasteiger partial charge in [-0.3, -0.25) is 14.9 Å². The molecule has 1 saturated carbocycles. The molecular weight excluding hydrogens is 308 g/mol. The molecule has 7 heteroatoms. The Labute approximate surface area is 133 Å². The van der Waals surface area contributed by atoms with Gasteiger partial charge in [0.1, 0.15) is 5.02 Å². The topological polar surface area (TPSA) is 72.7 Å². The monoisotopic (exact) mass is 324 g/mol. The highest BCUT2D eigenvalue weighted by Gasteiger charge is 2.33. The van der Waals surface area contributed by atoms with Crippen LogP contribution >= 0.6 is 11.6 Å². The lowest BCUT2D eigenvalue weighted by Crippen LogP contribution is -2.38. The number of rotatable bonds is 5. The molecular formula is C15H17ClN2O4. The molecule has 1 aliphatic carbocycles. The van der Waals surface area contributed by atoms with Crippen LogP contribution in [-0.4, -0.2) is 30.6 Å². The molecule has 1 amide bonds. The van der Waals surface area contributed by atoms with Gasteiger partial charge in [-0.15, -0.1) is 0 Å². The van der Waals surface area contributed by atoms with Gasteiger partial charge in [0.25, 0.3) is 5.69 Å². The Morgan fingerprint density at radius 1 is 1.41 bits per heavy atom. The fraction of sp³-hybridized carbons (Fsp3) is 0.533. The Morgan fingerprint density at radius 2 is 2.18 bits per heavy atom. The van der Waals surface area contributed by atoms with E-state index in [2.05, 4.69) is 0 Å². The van der Waals surface area contributed by atoms with E-state index in [-0.39, 0.29) is 22.5 Å². The van der Waals surface area contributed by atoms with E-state index in [1.807, 2.05) is 0 Å². The van der Waals surface area contributed by atoms with Crippen LogP contribution in [0.5, 0.6) is 0 Å². The second-order valence-electron chi connectivity index (χ2n) is 5.85. The normalized spacial score (nSPS) is 20.9. The van der Waals surface area contributed by atoms with Crippen LogP contribution in [0.2, 0.25) is 5.02 Å². The number of carbonyl (C=O) groups excluding carboxylic acids is 1. The van der Waals surface area contributed by atoms with Crippen molar-refractivity contribution in [3.63, 3.8) is 0 Å². The Hall–Kier alpha value is -1.66. The Balaban J connectivity index is 1.89. The summed E-state index contributed by atoms with van der Waals surface area (Å²) in [5.74, 6) is 0.315. The number of amides is 1. The highest BCUT2D eigenvalue weighted by molar-refractivity contribution is 6.32. The molecule has 118 valence electrons. The van der Waals surface area contributed by atoms with Crippen molar-refractivity contribution in [2.45, 2.75) is 19.3 Å². The summed E-state index contributed by atoms with van der Waals surface area (Å²) in [4.78, 5) is 24.9. The lowest BCUT2D eigenvalue weighted by Gasteiger charge is -2.25. The largest absolute Gasteiger partial charge is 0.381 e. The van der Waals surface area contributed by atoms with Gasteiger partial charge in [-0.2, -0.15) is 0 Å². The minimum atomic E-state index is -0.524. The first-order valence-electron chi connectivity index (χ1n) is 7.39. The maximum absolute atomic E-state index is 12.7. The molecule has 22 heavy (non-hydrogen) atoms. The fourth-order valence-corrected chi connectivity index (χ4v) is 2.83. The maximum Gasteiger partial charge on any atom is 0.289 e. The van der Waals surface area contributed by atoms with Crippen molar-refractivity contribution in [2.24, 2.45) is 11.8 Å². The van der Waals surface area contributed by atoms with Crippen LogP contribution in [0.15, 0.2) is 18.2 Å². The molecule has 2 aliphatic rings. The fourth-order valence-electron chi connectivity index (χ4n) is 2.64. The lowest BCUT2D eigenvalue weighted by atomic mass is 10.1. The number of nitro benzene ring substituents is 1. The first-order chi connectivity index (χ1) is 10.6. The maximum atomic E-state index is 12.7. The number of hydrogen-bond donors (Lipinski definition) is 0. The number of carbonyl (C=O) groups is 1. The van der Waals surface area contributed by atoms with Gasteiger partial charge in [0.05, 0.1) is 23.1 Å². The molecule has 1 aromatic rings. The zero-order chi connectivity index (χ0) is 15.7. The van der Waals surface area contributed by atoms with Crippen LogP contribution in [0, 0.1) is 22.0 Å². The van der Waals surface area contributed by atoms with Gasteiger partial charge < -0.3 is 9.64 Å². The third-order valence-corrected chi connectivity index (χ3v) is 4.44. The molecule has 1 aliphatic heterocycles. The predicted molar refractivity (Wildman–Crippen MR) is 82.1 cm³/mol. The van der Waals surface area contributed by atoms with Crippen LogP contribution < -0.4 is 4.90 Å². The molecule has 1 heterocycles. The van der Waals surface area contributed by atoms with Crippen molar-refractivity contribution in [3.8, 4) is 0 Å². The summed E-state index contributed by atoms with van der Waals surface area (Å²) in [5.41, 5.74) is 0.371. The molecule has 3 rings (SSSR count). The molecule has 0 aromatic heterocycles. The van der Waals surface area contributed by atoms with E-state index in [0.717, 1.165) is 12.8 Å². The van der Waals surface area contributed by atoms with Gasteiger partial charge in [-0.05, 0) is 37.3 Å². The van der Waals surface area contributed by atoms with Gasteiger partial charge in [0.15, 0.2) is 0 Å². The van der Waals surface area contributed by atoms with Crippen LogP contribution in [0.3, 0.4) is 0 Å². The van der Waals surface area contributed by atoms with E-state index in [1.165, 1.54) is 12.1 Å². The summed E-state index contributed by atoms with van der Waals surface area (Å²) >= 11 is 5.86. The summed E-state index contributed by atoms with van der Waals surface area (Å²) in [6.07, 6.45) is 2.90. The Morgan fingerprint density at radius 3 is 2.77 bits per heavy atom. The van der Waals surface area contributed by atoms with Gasteiger partial charge in [0.2, 0.25) is 5.91 Å². The van der Waals surface area contributed by atoms with Gasteiger partial charge in [0, 0.05) is 19.2 Å². The minimum absolute atomic E-state index is 0.0129. The first-order valence-corrected chi connectivity index (χ1v) is 7.77. The number of nitro groups is 1. The Kier molecular flexibility index (Phi) is 4.31. The number of benzene rings is 1. The highest BCUT2D eigenvalue weighted by Crippen LogP contribution is 2.35. The van der Waals surface area contributed by atoms with Crippen LogP contribution in [0.25, 0.3) is 0 Å². The molecule has 0 unspecified atom stereocenters. The second kappa shape index (κ2) is 6.22. The van der Waals surface area contributed by atoms with Gasteiger partial charge >= 0.3 is 0 Å². The number of anilines is 1. The van der Waals surface area contributed by atoms with E-state index in [9.17, 15) is 14.9 Å². The summed E-state index contributed by atoms with van der Waals surface area (Å²) in [7, 11) is 0. The number of nitrogens with zero attached hydrogens (tertiary/aromatic N) is 2. The van der Waals surface area contributed by atoms with Crippen LogP contribution in [0.1, 0.15) is 19.3 Å². The summed E-state index contributed by atoms with van der Waals surface area (Å²) < 4.78 is 5.29. The van der Waals surface area contributed by atoms with E-state index < -0.39 is 4.92 Å². The summed E-state index contributed by atoms with van der Waals surface area (Å²) in [5, 5.41) is 11.1. The Bertz CT molecular complexity index is 597. The van der Waals surface area contributed by atoms with Gasteiger partial charge in [-0.25, -0.2) is 0 Å². The first kappa shape index (κ1) is 15.2. The average molecular weight is 325 g/mol. The molecule has 6 nitrogen and oxygen atoms in total. The highest BCUT2D eigenvalue weighted by atomic mass is 35.5. The van der Waals surface area contributed by atoms with Crippen molar-refractivity contribution in [1.82, 2.24) is 0 Å². The van der Waals surface area contributed by atoms with E-state index in [1.54, 1.807) is 11.0 Å². The third kappa shape index (κ3) is 3.23. The summed E-state index contributed by atoms with van der Waals surface area (Å²) in [6, 6.07) is 4.54. The predicted octanol–water partition coefficient (Wildman–Crippen LogP) is 3.03. The van der Waals surface area contributed by atoms with Crippen molar-refractivity contribution in [3.05, 3.63) is 33.3 Å². The SMILES string of the molecule is O=C([C@H]1CCOC1)N(CC1CC1)c1ccc(Cl)c([N+](=O)[O-])c1. The van der Waals surface area contributed by atoms with Crippen LogP contribution in [0.4, 0.5) is 11.4 Å². The number of hydrogen-bond acceptors (Lipinski definition) is 4. The smallest absolute Gasteiger partial charge is 0.289 e. The van der Waals surface area contributed by atoms with E-state index >= 15 is 0 Å². The quantitative estimate of drug-likeness (QED) is 0.616. The van der Waals surface area contributed by atoms with Gasteiger partial charge in [-0.1, -0.05) is 11.6 Å². The molecule has 0 radical (unpaired) electrons. The standard InChI is InChI=1S/C15H17ClN2O4/c16-13-4-3-12(7-14(13)18(20)21)17(8-10-1-2-10)15(19)11-5-6-22-9-11/h3-4,7,10-11H,1-2,5-6,8-9H2/t11-/m0/s1. The lowest BCUT2D eigenvalue weighted by molar-refractivity contribution is -0.384. The van der Waals surface area contributed by atoms with E-state index in [0.29, 0.717) is 37.8 Å². The molecule has 1 saturated heterocycles. The zero-order valence-corrected chi connectivity index (χ0v) is 12.8. The average Bonchev–Trinajstić information content (AvgIpc) is 3.14. The number of ether oxygens (including phenoxy) is 1. The summed E-state index contributed by atoms with van der Waals surface area (Å²) in [6.45, 7) is 1.62. The van der Waals surface area contributed by atoms with Crippen molar-refractivity contribution >= 4 is 28.9 Å². The minimum Gasteiger partial charge on any atom is -0.381 e. The third-order valence-electron chi connectivity index (χ3n) is 4.12. The van der Waals surface area contributed by atoms with E-state index in [4.69, 9.17) is 16.3 Å². The molecule has 1 aromatic carbocycles. The molecule has 0 N–H and O–H groups in total. The number of halogens is 1. The van der Waals surface area contributed by atoms with Crippen LogP contribution in [-0.2, 0) is 9.53 Å². The van der Waals surface area contributed by atoms with Crippen molar-refractivity contribution < 1.29 is 14.5 Å². The zero-order valence-electron chi connectivity index (χ0n) is 12.0. The molecule has 0 spiro atoms. The second-order valence-corrected chi connectivity index (χ2v) is 6.25. The molecule has 1 atom stereocenters. The molecule has 0 bridgehead atoms. The molecule has 2 fully saturated rings. The van der Waals surface area contributed by atoms with Crippen molar-refractivity contribution in [1.29, 1.82) is 0 Å². The van der Waals surface area contributed by atoms with Crippen molar-refractivity contribution in [2.75, 3.05) is 24.7 Å².